The van der Waals surface area contributed by atoms with Crippen LogP contribution in [0.5, 0.6) is 0 Å². The van der Waals surface area contributed by atoms with Crippen molar-refractivity contribution in [2.75, 3.05) is 18.4 Å². The van der Waals surface area contributed by atoms with Crippen molar-refractivity contribution in [1.82, 2.24) is 4.31 Å². The molecule has 1 aliphatic rings. The van der Waals surface area contributed by atoms with Crippen LogP contribution in [-0.4, -0.2) is 31.7 Å². The second kappa shape index (κ2) is 8.03. The van der Waals surface area contributed by atoms with Crippen molar-refractivity contribution in [3.63, 3.8) is 0 Å². The maximum absolute atomic E-state index is 12.5. The van der Waals surface area contributed by atoms with Crippen molar-refractivity contribution in [1.29, 1.82) is 0 Å². The summed E-state index contributed by atoms with van der Waals surface area (Å²) in [5.41, 5.74) is 1.30. The summed E-state index contributed by atoms with van der Waals surface area (Å²) in [6, 6.07) is 15.4. The third kappa shape index (κ3) is 4.33. The maximum atomic E-state index is 12.5. The lowest BCUT2D eigenvalue weighted by atomic mass is 10.2. The van der Waals surface area contributed by atoms with Crippen LogP contribution in [0.3, 0.4) is 0 Å². The first-order valence-electron chi connectivity index (χ1n) is 8.30. The first-order chi connectivity index (χ1) is 12.5. The maximum Gasteiger partial charge on any atom is 0.267 e. The van der Waals surface area contributed by atoms with Gasteiger partial charge in [-0.1, -0.05) is 41.9 Å². The average Bonchev–Trinajstić information content (AvgIpc) is 3.18. The average molecular weight is 391 g/mol. The molecule has 136 valence electrons. The van der Waals surface area contributed by atoms with E-state index < -0.39 is 15.9 Å². The van der Waals surface area contributed by atoms with Crippen LogP contribution in [0.25, 0.3) is 6.08 Å². The highest BCUT2D eigenvalue weighted by Crippen LogP contribution is 2.22. The van der Waals surface area contributed by atoms with Gasteiger partial charge in [0.2, 0.25) is 10.0 Å². The number of sulfonamides is 1. The molecule has 0 unspecified atom stereocenters. The van der Waals surface area contributed by atoms with Gasteiger partial charge in [0.05, 0.1) is 4.90 Å². The zero-order valence-electron chi connectivity index (χ0n) is 14.1. The van der Waals surface area contributed by atoms with Crippen LogP contribution in [0, 0.1) is 0 Å². The lowest BCUT2D eigenvalue weighted by molar-refractivity contribution is -0.112. The Balaban J connectivity index is 1.69. The zero-order chi connectivity index (χ0) is 18.6. The number of hydrogen-bond donors (Lipinski definition) is 1. The predicted octanol–water partition coefficient (Wildman–Crippen LogP) is 3.69. The number of carbonyl (C=O) groups is 1. The van der Waals surface area contributed by atoms with Gasteiger partial charge in [0.1, 0.15) is 5.03 Å². The van der Waals surface area contributed by atoms with Crippen LogP contribution < -0.4 is 5.32 Å². The summed E-state index contributed by atoms with van der Waals surface area (Å²) >= 11 is 6.05. The number of nitrogens with one attached hydrogen (secondary N) is 1. The van der Waals surface area contributed by atoms with E-state index in [9.17, 15) is 13.2 Å². The number of amides is 1. The molecule has 1 aliphatic heterocycles. The number of rotatable bonds is 5. The summed E-state index contributed by atoms with van der Waals surface area (Å²) in [4.78, 5) is 12.4. The van der Waals surface area contributed by atoms with Gasteiger partial charge >= 0.3 is 0 Å². The molecule has 26 heavy (non-hydrogen) atoms. The lowest BCUT2D eigenvalue weighted by Crippen LogP contribution is -2.27. The van der Waals surface area contributed by atoms with Crippen molar-refractivity contribution in [3.8, 4) is 0 Å². The number of hydrogen-bond acceptors (Lipinski definition) is 3. The van der Waals surface area contributed by atoms with E-state index in [-0.39, 0.29) is 9.93 Å². The zero-order valence-corrected chi connectivity index (χ0v) is 15.6. The quantitative estimate of drug-likeness (QED) is 0.792. The Morgan fingerprint density at radius 1 is 1.00 bits per heavy atom. The van der Waals surface area contributed by atoms with Crippen molar-refractivity contribution in [3.05, 3.63) is 65.2 Å². The molecule has 0 radical (unpaired) electrons. The van der Waals surface area contributed by atoms with Gasteiger partial charge in [0, 0.05) is 18.8 Å². The Kier molecular flexibility index (Phi) is 5.76. The first kappa shape index (κ1) is 18.6. The molecule has 0 aromatic heterocycles. The summed E-state index contributed by atoms with van der Waals surface area (Å²) in [6.07, 6.45) is 3.35. The van der Waals surface area contributed by atoms with E-state index >= 15 is 0 Å². The Morgan fingerprint density at radius 3 is 2.23 bits per heavy atom. The second-order valence-corrected chi connectivity index (χ2v) is 8.34. The SMILES string of the molecule is O=C(Nc1ccc(S(=O)(=O)N2CCCC2)cc1)/C(Cl)=C/c1ccccc1. The number of anilines is 1. The Bertz CT molecular complexity index is 904. The Labute approximate surface area is 158 Å². The van der Waals surface area contributed by atoms with Gasteiger partial charge in [-0.25, -0.2) is 8.42 Å². The summed E-state index contributed by atoms with van der Waals surface area (Å²) < 4.78 is 26.5. The molecule has 0 bridgehead atoms. The van der Waals surface area contributed by atoms with Gasteiger partial charge in [0.15, 0.2) is 0 Å². The van der Waals surface area contributed by atoms with Gasteiger partial charge in [-0.05, 0) is 48.7 Å². The second-order valence-electron chi connectivity index (χ2n) is 5.99. The largest absolute Gasteiger partial charge is 0.321 e. The Morgan fingerprint density at radius 2 is 1.62 bits per heavy atom. The van der Waals surface area contributed by atoms with Crippen LogP contribution >= 0.6 is 11.6 Å². The normalized spacial score (nSPS) is 15.8. The highest BCUT2D eigenvalue weighted by molar-refractivity contribution is 7.89. The fourth-order valence-electron chi connectivity index (χ4n) is 2.74. The smallest absolute Gasteiger partial charge is 0.267 e. The third-order valence-corrected chi connectivity index (χ3v) is 6.32. The van der Waals surface area contributed by atoms with Crippen LogP contribution in [0.4, 0.5) is 5.69 Å². The number of benzene rings is 2. The number of nitrogens with zero attached hydrogens (tertiary/aromatic N) is 1. The van der Waals surface area contributed by atoms with E-state index in [1.807, 2.05) is 30.3 Å². The Hall–Kier alpha value is -2.15. The molecule has 0 aliphatic carbocycles. The molecule has 2 aromatic rings. The van der Waals surface area contributed by atoms with Gasteiger partial charge < -0.3 is 5.32 Å². The molecule has 2 aromatic carbocycles. The highest BCUT2D eigenvalue weighted by Gasteiger charge is 2.26. The van der Waals surface area contributed by atoms with E-state index in [0.717, 1.165) is 18.4 Å². The minimum Gasteiger partial charge on any atom is -0.321 e. The molecule has 7 heteroatoms. The van der Waals surface area contributed by atoms with Crippen LogP contribution in [-0.2, 0) is 14.8 Å². The molecule has 1 N–H and O–H groups in total. The molecule has 3 rings (SSSR count). The van der Waals surface area contributed by atoms with Crippen molar-refractivity contribution in [2.45, 2.75) is 17.7 Å². The van der Waals surface area contributed by atoms with Gasteiger partial charge in [0.25, 0.3) is 5.91 Å². The molecule has 1 saturated heterocycles. The topological polar surface area (TPSA) is 66.5 Å². The molecule has 0 atom stereocenters. The monoisotopic (exact) mass is 390 g/mol. The molecule has 1 heterocycles. The van der Waals surface area contributed by atoms with Gasteiger partial charge in [-0.3, -0.25) is 4.79 Å². The van der Waals surface area contributed by atoms with Gasteiger partial charge in [-0.2, -0.15) is 4.31 Å². The van der Waals surface area contributed by atoms with E-state index in [2.05, 4.69) is 5.32 Å². The standard InChI is InChI=1S/C19H19ClN2O3S/c20-18(14-15-6-2-1-3-7-15)19(23)21-16-8-10-17(11-9-16)26(24,25)22-12-4-5-13-22/h1-3,6-11,14H,4-5,12-13H2,(H,21,23)/b18-14-. The molecule has 1 amide bonds. The molecular weight excluding hydrogens is 372 g/mol. The van der Waals surface area contributed by atoms with E-state index in [0.29, 0.717) is 18.8 Å². The number of halogens is 1. The van der Waals surface area contributed by atoms with Crippen molar-refractivity contribution >= 4 is 39.3 Å². The summed E-state index contributed by atoms with van der Waals surface area (Å²) in [7, 11) is -3.46. The molecular formula is C19H19ClN2O3S. The molecule has 5 nitrogen and oxygen atoms in total. The first-order valence-corrected chi connectivity index (χ1v) is 10.1. The number of carbonyl (C=O) groups excluding carboxylic acids is 1. The molecule has 0 spiro atoms. The van der Waals surface area contributed by atoms with Crippen molar-refractivity contribution in [2.24, 2.45) is 0 Å². The summed E-state index contributed by atoms with van der Waals surface area (Å²) in [5, 5.41) is 2.71. The van der Waals surface area contributed by atoms with Gasteiger partial charge in [-0.15, -0.1) is 0 Å². The lowest BCUT2D eigenvalue weighted by Gasteiger charge is -2.15. The fraction of sp³-hybridized carbons (Fsp3) is 0.211. The fourth-order valence-corrected chi connectivity index (χ4v) is 4.43. The van der Waals surface area contributed by atoms with Crippen LogP contribution in [0.1, 0.15) is 18.4 Å². The summed E-state index contributed by atoms with van der Waals surface area (Å²) in [6.45, 7) is 1.11. The molecule has 1 fully saturated rings. The molecule has 0 saturated carbocycles. The third-order valence-electron chi connectivity index (χ3n) is 4.12. The van der Waals surface area contributed by atoms with E-state index in [4.69, 9.17) is 11.6 Å². The van der Waals surface area contributed by atoms with Crippen LogP contribution in [0.15, 0.2) is 64.5 Å². The summed E-state index contributed by atoms with van der Waals surface area (Å²) in [5.74, 6) is -0.453. The highest BCUT2D eigenvalue weighted by atomic mass is 35.5. The van der Waals surface area contributed by atoms with E-state index in [1.54, 1.807) is 18.2 Å². The van der Waals surface area contributed by atoms with Crippen LogP contribution in [0.2, 0.25) is 0 Å². The minimum atomic E-state index is -3.46. The minimum absolute atomic E-state index is 0.0463. The van der Waals surface area contributed by atoms with E-state index in [1.165, 1.54) is 16.4 Å². The predicted molar refractivity (Wildman–Crippen MR) is 103 cm³/mol. The van der Waals surface area contributed by atoms with Crippen molar-refractivity contribution < 1.29 is 13.2 Å².